The Morgan fingerprint density at radius 3 is 2.38 bits per heavy atom. The van der Waals surface area contributed by atoms with E-state index in [1.54, 1.807) is 0 Å². The average Bonchev–Trinajstić information content (AvgIpc) is 2.74. The van der Waals surface area contributed by atoms with Crippen LogP contribution in [0.15, 0.2) is 0 Å². The molecule has 2 aliphatic heterocycles. The highest BCUT2D eigenvalue weighted by molar-refractivity contribution is 6.06. The molecule has 0 aromatic rings. The Balaban J connectivity index is 2.16. The number of hydrogen-bond donors (Lipinski definition) is 0. The maximum atomic E-state index is 11.7. The van der Waals surface area contributed by atoms with E-state index in [0.717, 1.165) is 4.90 Å². The number of likely N-dealkylation sites (N-methyl/N-ethyl adjacent to an activating group) is 1. The molecule has 0 bridgehead atoms. The molecule has 6 heteroatoms. The van der Waals surface area contributed by atoms with Gasteiger partial charge in [0.1, 0.15) is 6.04 Å². The molecule has 3 amide bonds. The molecule has 84 valence electrons. The molecule has 2 fully saturated rings. The molecule has 0 aromatic carbocycles. The molecule has 2 saturated heterocycles. The summed E-state index contributed by atoms with van der Waals surface area (Å²) < 4.78 is 0. The van der Waals surface area contributed by atoms with Gasteiger partial charge in [-0.15, -0.1) is 0 Å². The quantitative estimate of drug-likeness (QED) is 0.538. The number of carbonyl (C=O) groups excluding carboxylic acids is 3. The highest BCUT2D eigenvalue weighted by Crippen LogP contribution is 2.25. The third kappa shape index (κ3) is 1.45. The van der Waals surface area contributed by atoms with Gasteiger partial charge in [0, 0.05) is 20.0 Å². The summed E-state index contributed by atoms with van der Waals surface area (Å²) in [6, 6.07) is 1.32. The molecule has 0 aliphatic carbocycles. The second-order valence-electron chi connectivity index (χ2n) is 4.09. The van der Waals surface area contributed by atoms with E-state index in [-0.39, 0.29) is 43.0 Å². The fraction of sp³-hybridized carbons (Fsp3) is 0.600. The van der Waals surface area contributed by atoms with E-state index < -0.39 is 6.04 Å². The van der Waals surface area contributed by atoms with Crippen LogP contribution >= 0.6 is 0 Å². The molecule has 0 saturated carbocycles. The SMILES string of the molecule is CN1C(=O)CC(N2CC(C#N)CC2=O)C1=O. The minimum Gasteiger partial charge on any atom is -0.329 e. The zero-order valence-electron chi connectivity index (χ0n) is 8.84. The van der Waals surface area contributed by atoms with Crippen molar-refractivity contribution >= 4 is 17.7 Å². The molecule has 16 heavy (non-hydrogen) atoms. The Bertz CT molecular complexity index is 412. The summed E-state index contributed by atoms with van der Waals surface area (Å²) in [5.74, 6) is -1.20. The van der Waals surface area contributed by atoms with Gasteiger partial charge >= 0.3 is 0 Å². The van der Waals surface area contributed by atoms with E-state index in [0.29, 0.717) is 0 Å². The second kappa shape index (κ2) is 3.59. The van der Waals surface area contributed by atoms with Crippen molar-refractivity contribution in [3.63, 3.8) is 0 Å². The molecular formula is C10H11N3O3. The Morgan fingerprint density at radius 1 is 1.25 bits per heavy atom. The van der Waals surface area contributed by atoms with Crippen molar-refractivity contribution < 1.29 is 14.4 Å². The van der Waals surface area contributed by atoms with Gasteiger partial charge in [0.2, 0.25) is 11.8 Å². The molecule has 2 aliphatic rings. The van der Waals surface area contributed by atoms with E-state index in [1.165, 1.54) is 11.9 Å². The van der Waals surface area contributed by atoms with Gasteiger partial charge in [-0.05, 0) is 0 Å². The van der Waals surface area contributed by atoms with Gasteiger partial charge in [-0.3, -0.25) is 19.3 Å². The fourth-order valence-corrected chi connectivity index (χ4v) is 2.10. The molecule has 0 N–H and O–H groups in total. The predicted octanol–water partition coefficient (Wildman–Crippen LogP) is -0.884. The zero-order chi connectivity index (χ0) is 11.9. The first kappa shape index (κ1) is 10.6. The lowest BCUT2D eigenvalue weighted by atomic mass is 10.1. The number of hydrogen-bond acceptors (Lipinski definition) is 4. The van der Waals surface area contributed by atoms with Gasteiger partial charge in [0.15, 0.2) is 0 Å². The van der Waals surface area contributed by atoms with Crippen LogP contribution in [0, 0.1) is 17.2 Å². The van der Waals surface area contributed by atoms with Gasteiger partial charge in [0.05, 0.1) is 18.4 Å². The van der Waals surface area contributed by atoms with Crippen LogP contribution in [-0.4, -0.2) is 47.2 Å². The number of carbonyl (C=O) groups is 3. The van der Waals surface area contributed by atoms with Crippen LogP contribution < -0.4 is 0 Å². The molecule has 0 spiro atoms. The molecule has 2 unspecified atom stereocenters. The zero-order valence-corrected chi connectivity index (χ0v) is 8.84. The van der Waals surface area contributed by atoms with Gasteiger partial charge < -0.3 is 4.90 Å². The minimum atomic E-state index is -0.691. The molecule has 6 nitrogen and oxygen atoms in total. The van der Waals surface area contributed by atoms with E-state index in [9.17, 15) is 14.4 Å². The number of nitrogens with zero attached hydrogens (tertiary/aromatic N) is 3. The van der Waals surface area contributed by atoms with Crippen molar-refractivity contribution in [1.29, 1.82) is 5.26 Å². The molecule has 2 atom stereocenters. The van der Waals surface area contributed by atoms with Crippen LogP contribution in [0.2, 0.25) is 0 Å². The summed E-state index contributed by atoms with van der Waals surface area (Å²) in [7, 11) is 1.41. The van der Waals surface area contributed by atoms with Gasteiger partial charge in [-0.25, -0.2) is 0 Å². The van der Waals surface area contributed by atoms with Crippen molar-refractivity contribution in [3.05, 3.63) is 0 Å². The number of nitriles is 1. The van der Waals surface area contributed by atoms with Gasteiger partial charge in [-0.2, -0.15) is 5.26 Å². The Hall–Kier alpha value is -1.90. The van der Waals surface area contributed by atoms with E-state index in [1.807, 2.05) is 6.07 Å². The molecule has 0 aromatic heterocycles. The Morgan fingerprint density at radius 2 is 1.94 bits per heavy atom. The second-order valence-corrected chi connectivity index (χ2v) is 4.09. The smallest absolute Gasteiger partial charge is 0.252 e. The first-order valence-corrected chi connectivity index (χ1v) is 5.04. The van der Waals surface area contributed by atoms with E-state index in [2.05, 4.69) is 0 Å². The van der Waals surface area contributed by atoms with Crippen LogP contribution in [0.5, 0.6) is 0 Å². The highest BCUT2D eigenvalue weighted by Gasteiger charge is 2.45. The summed E-state index contributed by atoms with van der Waals surface area (Å²) in [5.41, 5.74) is 0. The number of imide groups is 1. The van der Waals surface area contributed by atoms with Gasteiger partial charge in [-0.1, -0.05) is 0 Å². The summed E-state index contributed by atoms with van der Waals surface area (Å²) in [6.45, 7) is 0.257. The molecule has 0 radical (unpaired) electrons. The molecule has 2 heterocycles. The topological polar surface area (TPSA) is 81.5 Å². The maximum Gasteiger partial charge on any atom is 0.252 e. The Labute approximate surface area is 92.4 Å². The van der Waals surface area contributed by atoms with Gasteiger partial charge in [0.25, 0.3) is 5.91 Å². The lowest BCUT2D eigenvalue weighted by Gasteiger charge is -2.21. The standard InChI is InChI=1S/C10H11N3O3/c1-12-8(14)3-7(10(12)16)13-5-6(4-11)2-9(13)15/h6-7H,2-3,5H2,1H3. The van der Waals surface area contributed by atoms with Crippen LogP contribution in [0.25, 0.3) is 0 Å². The van der Waals surface area contributed by atoms with E-state index >= 15 is 0 Å². The Kier molecular flexibility index (Phi) is 2.38. The first-order valence-electron chi connectivity index (χ1n) is 5.04. The summed E-state index contributed by atoms with van der Waals surface area (Å²) >= 11 is 0. The van der Waals surface area contributed by atoms with Crippen molar-refractivity contribution in [3.8, 4) is 6.07 Å². The average molecular weight is 221 g/mol. The monoisotopic (exact) mass is 221 g/mol. The number of rotatable bonds is 1. The van der Waals surface area contributed by atoms with Crippen molar-refractivity contribution in [2.75, 3.05) is 13.6 Å². The molecule has 2 rings (SSSR count). The van der Waals surface area contributed by atoms with Crippen LogP contribution in [0.3, 0.4) is 0 Å². The maximum absolute atomic E-state index is 11.7. The van der Waals surface area contributed by atoms with E-state index in [4.69, 9.17) is 5.26 Å². The summed E-state index contributed by atoms with van der Waals surface area (Å²) in [6.07, 6.45) is 0.192. The summed E-state index contributed by atoms with van der Waals surface area (Å²) in [5, 5.41) is 8.72. The lowest BCUT2D eigenvalue weighted by molar-refractivity contribution is -0.141. The summed E-state index contributed by atoms with van der Waals surface area (Å²) in [4.78, 5) is 37.0. The fourth-order valence-electron chi connectivity index (χ4n) is 2.10. The minimum absolute atomic E-state index is 0.0409. The highest BCUT2D eigenvalue weighted by atomic mass is 16.2. The van der Waals surface area contributed by atoms with Crippen molar-refractivity contribution in [2.45, 2.75) is 18.9 Å². The molecular weight excluding hydrogens is 210 g/mol. The number of amides is 3. The third-order valence-electron chi connectivity index (χ3n) is 3.07. The van der Waals surface area contributed by atoms with Crippen molar-refractivity contribution in [1.82, 2.24) is 9.80 Å². The van der Waals surface area contributed by atoms with Crippen molar-refractivity contribution in [2.24, 2.45) is 5.92 Å². The first-order chi connectivity index (χ1) is 7.54. The normalized spacial score (nSPS) is 30.1. The number of likely N-dealkylation sites (tertiary alicyclic amines) is 2. The predicted molar refractivity (Wildman–Crippen MR) is 51.6 cm³/mol. The van der Waals surface area contributed by atoms with Crippen LogP contribution in [0.4, 0.5) is 0 Å². The largest absolute Gasteiger partial charge is 0.329 e. The van der Waals surface area contributed by atoms with Crippen LogP contribution in [-0.2, 0) is 14.4 Å². The van der Waals surface area contributed by atoms with Crippen LogP contribution in [0.1, 0.15) is 12.8 Å². The third-order valence-corrected chi connectivity index (χ3v) is 3.07. The lowest BCUT2D eigenvalue weighted by Crippen LogP contribution is -2.42.